The van der Waals surface area contributed by atoms with Crippen molar-refractivity contribution in [1.29, 1.82) is 0 Å². The van der Waals surface area contributed by atoms with E-state index in [4.69, 9.17) is 5.73 Å². The fourth-order valence-corrected chi connectivity index (χ4v) is 1.48. The van der Waals surface area contributed by atoms with Crippen LogP contribution in [0.5, 0.6) is 0 Å². The molecular weight excluding hydrogens is 264 g/mol. The monoisotopic (exact) mass is 278 g/mol. The summed E-state index contributed by atoms with van der Waals surface area (Å²) in [6, 6.07) is 2.31. The molecule has 0 aliphatic rings. The van der Waals surface area contributed by atoms with Crippen LogP contribution in [0.4, 0.5) is 23.2 Å². The Morgan fingerprint density at radius 3 is 2.47 bits per heavy atom. The number of anilines is 1. The maximum Gasteiger partial charge on any atom is 0.416 e. The quantitative estimate of drug-likeness (QED) is 0.621. The van der Waals surface area contributed by atoms with Crippen molar-refractivity contribution in [1.82, 2.24) is 0 Å². The van der Waals surface area contributed by atoms with Crippen LogP contribution in [0.2, 0.25) is 0 Å². The average Bonchev–Trinajstić information content (AvgIpc) is 2.28. The number of unbranched alkanes of at least 4 members (excludes halogenated alkanes) is 1. The number of rotatable bonds is 6. The molecule has 1 rings (SSSR count). The van der Waals surface area contributed by atoms with Crippen molar-refractivity contribution in [3.63, 3.8) is 0 Å². The van der Waals surface area contributed by atoms with Gasteiger partial charge < -0.3 is 11.1 Å². The van der Waals surface area contributed by atoms with E-state index in [-0.39, 0.29) is 12.1 Å². The molecule has 19 heavy (non-hydrogen) atoms. The summed E-state index contributed by atoms with van der Waals surface area (Å²) in [6.45, 7) is 0.357. The number of hydrogen-bond donors (Lipinski definition) is 2. The predicted molar refractivity (Wildman–Crippen MR) is 62.9 cm³/mol. The molecule has 0 aromatic heterocycles. The summed E-state index contributed by atoms with van der Waals surface area (Å²) in [6.07, 6.45) is -3.20. The highest BCUT2D eigenvalue weighted by Crippen LogP contribution is 2.31. The first-order chi connectivity index (χ1) is 8.80. The van der Waals surface area contributed by atoms with E-state index >= 15 is 0 Å². The minimum atomic E-state index is -4.55. The minimum Gasteiger partial charge on any atom is -0.383 e. The molecule has 0 aliphatic heterocycles. The second-order valence-corrected chi connectivity index (χ2v) is 4.04. The number of carbonyl (C=O) groups is 1. The van der Waals surface area contributed by atoms with Crippen LogP contribution < -0.4 is 11.1 Å². The van der Waals surface area contributed by atoms with Crippen molar-refractivity contribution in [3.8, 4) is 0 Å². The number of halogens is 4. The van der Waals surface area contributed by atoms with E-state index in [1.165, 1.54) is 0 Å². The van der Waals surface area contributed by atoms with Crippen LogP contribution in [0.15, 0.2) is 18.2 Å². The highest BCUT2D eigenvalue weighted by atomic mass is 19.4. The van der Waals surface area contributed by atoms with Crippen molar-refractivity contribution in [2.24, 2.45) is 5.73 Å². The molecule has 1 aromatic carbocycles. The number of nitrogens with two attached hydrogens (primary N) is 1. The number of hydrogen-bond acceptors (Lipinski definition) is 2. The first-order valence-corrected chi connectivity index (χ1v) is 5.69. The normalized spacial score (nSPS) is 11.4. The Labute approximate surface area is 107 Å². The molecule has 7 heteroatoms. The highest BCUT2D eigenvalue weighted by Gasteiger charge is 2.31. The summed E-state index contributed by atoms with van der Waals surface area (Å²) in [7, 11) is 0. The molecule has 0 bridgehead atoms. The minimum absolute atomic E-state index is 0.00655. The van der Waals surface area contributed by atoms with Crippen LogP contribution in [0.25, 0.3) is 0 Å². The topological polar surface area (TPSA) is 55.1 Å². The molecule has 0 saturated carbocycles. The van der Waals surface area contributed by atoms with E-state index in [0.29, 0.717) is 25.5 Å². The van der Waals surface area contributed by atoms with Crippen molar-refractivity contribution >= 4 is 11.6 Å². The van der Waals surface area contributed by atoms with Gasteiger partial charge in [0.05, 0.1) is 11.3 Å². The van der Waals surface area contributed by atoms with Crippen LogP contribution in [0.1, 0.15) is 24.8 Å². The lowest BCUT2D eigenvalue weighted by Crippen LogP contribution is -2.11. The zero-order valence-corrected chi connectivity index (χ0v) is 10.1. The molecule has 1 aromatic rings. The van der Waals surface area contributed by atoms with Crippen molar-refractivity contribution < 1.29 is 22.4 Å². The highest BCUT2D eigenvalue weighted by molar-refractivity contribution is 5.73. The van der Waals surface area contributed by atoms with E-state index in [0.717, 1.165) is 12.1 Å². The Balaban J connectivity index is 2.49. The summed E-state index contributed by atoms with van der Waals surface area (Å²) in [5.74, 6) is -1.37. The van der Waals surface area contributed by atoms with E-state index in [1.54, 1.807) is 0 Å². The first-order valence-electron chi connectivity index (χ1n) is 5.69. The maximum atomic E-state index is 13.4. The average molecular weight is 278 g/mol. The van der Waals surface area contributed by atoms with Gasteiger partial charge in [0.2, 0.25) is 5.91 Å². The third-order valence-electron chi connectivity index (χ3n) is 2.46. The second kappa shape index (κ2) is 6.40. The SMILES string of the molecule is NC(=O)CCCCNc1ccc(C(F)(F)F)cc1F. The molecule has 0 spiro atoms. The van der Waals surface area contributed by atoms with Gasteiger partial charge in [-0.05, 0) is 31.0 Å². The van der Waals surface area contributed by atoms with Crippen LogP contribution in [-0.2, 0) is 11.0 Å². The zero-order chi connectivity index (χ0) is 14.5. The Morgan fingerprint density at radius 2 is 1.95 bits per heavy atom. The number of amides is 1. The number of carbonyl (C=O) groups excluding carboxylic acids is 1. The summed E-state index contributed by atoms with van der Waals surface area (Å²) < 4.78 is 50.3. The van der Waals surface area contributed by atoms with Gasteiger partial charge in [-0.25, -0.2) is 4.39 Å². The molecule has 0 atom stereocenters. The van der Waals surface area contributed by atoms with E-state index in [9.17, 15) is 22.4 Å². The van der Waals surface area contributed by atoms with E-state index in [1.807, 2.05) is 0 Å². The molecule has 0 radical (unpaired) electrons. The number of primary amides is 1. The molecule has 0 fully saturated rings. The van der Waals surface area contributed by atoms with Gasteiger partial charge in [0.1, 0.15) is 5.82 Å². The zero-order valence-electron chi connectivity index (χ0n) is 10.1. The van der Waals surface area contributed by atoms with Crippen LogP contribution in [0.3, 0.4) is 0 Å². The lowest BCUT2D eigenvalue weighted by atomic mass is 10.2. The Kier molecular flexibility index (Phi) is 5.14. The largest absolute Gasteiger partial charge is 0.416 e. The van der Waals surface area contributed by atoms with E-state index < -0.39 is 23.5 Å². The number of alkyl halides is 3. The van der Waals surface area contributed by atoms with Gasteiger partial charge in [-0.2, -0.15) is 13.2 Å². The molecule has 3 nitrogen and oxygen atoms in total. The first kappa shape index (κ1) is 15.3. The smallest absolute Gasteiger partial charge is 0.383 e. The molecule has 0 aliphatic carbocycles. The van der Waals surface area contributed by atoms with Crippen LogP contribution >= 0.6 is 0 Å². The fourth-order valence-electron chi connectivity index (χ4n) is 1.48. The molecule has 1 amide bonds. The Hall–Kier alpha value is -1.79. The Morgan fingerprint density at radius 1 is 1.26 bits per heavy atom. The number of nitrogens with one attached hydrogen (secondary N) is 1. The fraction of sp³-hybridized carbons (Fsp3) is 0.417. The molecule has 106 valence electrons. The Bertz CT molecular complexity index is 446. The van der Waals surface area contributed by atoms with Crippen molar-refractivity contribution in [2.75, 3.05) is 11.9 Å². The van der Waals surface area contributed by atoms with Crippen LogP contribution in [0, 0.1) is 5.82 Å². The van der Waals surface area contributed by atoms with Gasteiger partial charge in [-0.1, -0.05) is 0 Å². The maximum absolute atomic E-state index is 13.4. The standard InChI is InChI=1S/C12H14F4N2O/c13-9-7-8(12(14,15)16)4-5-10(9)18-6-2-1-3-11(17)19/h4-5,7,18H,1-3,6H2,(H2,17,19). The van der Waals surface area contributed by atoms with Gasteiger partial charge in [0, 0.05) is 13.0 Å². The third kappa shape index (κ3) is 5.15. The molecular formula is C12H14F4N2O. The third-order valence-corrected chi connectivity index (χ3v) is 2.46. The summed E-state index contributed by atoms with van der Waals surface area (Å²) >= 11 is 0. The van der Waals surface area contributed by atoms with Gasteiger partial charge in [-0.3, -0.25) is 4.79 Å². The molecule has 0 saturated heterocycles. The molecule has 0 heterocycles. The van der Waals surface area contributed by atoms with Gasteiger partial charge >= 0.3 is 6.18 Å². The summed E-state index contributed by atoms with van der Waals surface area (Å²) in [4.78, 5) is 10.5. The summed E-state index contributed by atoms with van der Waals surface area (Å²) in [5, 5.41) is 2.67. The van der Waals surface area contributed by atoms with Gasteiger partial charge in [0.25, 0.3) is 0 Å². The van der Waals surface area contributed by atoms with Gasteiger partial charge in [0.15, 0.2) is 0 Å². The lowest BCUT2D eigenvalue weighted by molar-refractivity contribution is -0.137. The second-order valence-electron chi connectivity index (χ2n) is 4.04. The number of benzene rings is 1. The predicted octanol–water partition coefficient (Wildman–Crippen LogP) is 2.91. The van der Waals surface area contributed by atoms with Crippen LogP contribution in [-0.4, -0.2) is 12.5 Å². The molecule has 3 N–H and O–H groups in total. The lowest BCUT2D eigenvalue weighted by Gasteiger charge is -2.10. The van der Waals surface area contributed by atoms with Crippen molar-refractivity contribution in [2.45, 2.75) is 25.4 Å². The summed E-state index contributed by atoms with van der Waals surface area (Å²) in [5.41, 5.74) is 3.92. The van der Waals surface area contributed by atoms with Gasteiger partial charge in [-0.15, -0.1) is 0 Å². The van der Waals surface area contributed by atoms with Crippen molar-refractivity contribution in [3.05, 3.63) is 29.6 Å². The van der Waals surface area contributed by atoms with E-state index in [2.05, 4.69) is 5.32 Å². The molecule has 0 unspecified atom stereocenters.